The van der Waals surface area contributed by atoms with E-state index in [0.29, 0.717) is 0 Å². The van der Waals surface area contributed by atoms with E-state index in [1.54, 1.807) is 43.3 Å². The summed E-state index contributed by atoms with van der Waals surface area (Å²) in [7, 11) is -7.55. The van der Waals surface area contributed by atoms with Crippen molar-refractivity contribution in [2.75, 3.05) is 6.61 Å². The maximum Gasteiger partial charge on any atom is 0.296 e. The van der Waals surface area contributed by atoms with Gasteiger partial charge in [0.15, 0.2) is 0 Å². The van der Waals surface area contributed by atoms with Gasteiger partial charge in [-0.25, -0.2) is 0 Å². The van der Waals surface area contributed by atoms with E-state index in [4.69, 9.17) is 4.55 Å². The zero-order valence-corrected chi connectivity index (χ0v) is 15.3. The van der Waals surface area contributed by atoms with Crippen molar-refractivity contribution in [3.05, 3.63) is 59.7 Å². The second-order valence-corrected chi connectivity index (χ2v) is 8.00. The molecule has 8 heteroatoms. The van der Waals surface area contributed by atoms with Crippen molar-refractivity contribution in [3.63, 3.8) is 0 Å². The molecule has 24 heavy (non-hydrogen) atoms. The molecule has 0 atom stereocenters. The van der Waals surface area contributed by atoms with Gasteiger partial charge < -0.3 is 0 Å². The average molecular weight is 372 g/mol. The van der Waals surface area contributed by atoms with Crippen LogP contribution < -0.4 is 0 Å². The molecule has 0 spiro atoms. The van der Waals surface area contributed by atoms with Gasteiger partial charge in [-0.2, -0.15) is 16.8 Å². The zero-order chi connectivity index (χ0) is 18.4. The Bertz CT molecular complexity index is 852. The molecule has 0 amide bonds. The molecule has 0 aliphatic rings. The van der Waals surface area contributed by atoms with Gasteiger partial charge in [0.1, 0.15) is 0 Å². The molecular weight excluding hydrogens is 352 g/mol. The minimum Gasteiger partial charge on any atom is -0.282 e. The monoisotopic (exact) mass is 372 g/mol. The Hall–Kier alpha value is -1.74. The van der Waals surface area contributed by atoms with E-state index in [-0.39, 0.29) is 16.4 Å². The third kappa shape index (κ3) is 6.40. The van der Waals surface area contributed by atoms with Gasteiger partial charge in [-0.15, -0.1) is 0 Å². The number of hydrogen-bond acceptors (Lipinski definition) is 5. The lowest BCUT2D eigenvalue weighted by Gasteiger charge is -2.02. The van der Waals surface area contributed by atoms with Gasteiger partial charge in [0.2, 0.25) is 0 Å². The van der Waals surface area contributed by atoms with E-state index in [0.717, 1.165) is 11.1 Å². The molecule has 0 radical (unpaired) electrons. The molecule has 0 saturated carbocycles. The predicted molar refractivity (Wildman–Crippen MR) is 91.0 cm³/mol. The van der Waals surface area contributed by atoms with Gasteiger partial charge in [-0.1, -0.05) is 35.4 Å². The molecule has 0 bridgehead atoms. The van der Waals surface area contributed by atoms with Crippen LogP contribution in [0, 0.1) is 13.8 Å². The van der Waals surface area contributed by atoms with Gasteiger partial charge >= 0.3 is 0 Å². The molecule has 0 saturated heterocycles. The first-order valence-electron chi connectivity index (χ1n) is 7.06. The Morgan fingerprint density at radius 3 is 1.50 bits per heavy atom. The van der Waals surface area contributed by atoms with Crippen LogP contribution >= 0.6 is 0 Å². The van der Waals surface area contributed by atoms with Crippen LogP contribution in [0.5, 0.6) is 0 Å². The maximum atomic E-state index is 11.3. The lowest BCUT2D eigenvalue weighted by molar-refractivity contribution is 0.338. The Balaban J connectivity index is 0.000000243. The largest absolute Gasteiger partial charge is 0.296 e. The SMILES string of the molecule is CCOS(=O)(=O)c1ccc(C)cc1.Cc1ccc(S(=O)(=O)O)cc1. The third-order valence-corrected chi connectivity index (χ3v) is 5.16. The first-order valence-corrected chi connectivity index (χ1v) is 9.91. The van der Waals surface area contributed by atoms with Gasteiger partial charge in [0.05, 0.1) is 16.4 Å². The van der Waals surface area contributed by atoms with E-state index >= 15 is 0 Å². The third-order valence-electron chi connectivity index (χ3n) is 2.90. The highest BCUT2D eigenvalue weighted by molar-refractivity contribution is 7.86. The van der Waals surface area contributed by atoms with E-state index in [1.165, 1.54) is 12.1 Å². The highest BCUT2D eigenvalue weighted by atomic mass is 32.2. The van der Waals surface area contributed by atoms with E-state index < -0.39 is 20.2 Å². The van der Waals surface area contributed by atoms with E-state index in [1.807, 2.05) is 13.8 Å². The smallest absolute Gasteiger partial charge is 0.282 e. The van der Waals surface area contributed by atoms with Crippen LogP contribution in [-0.2, 0) is 24.4 Å². The summed E-state index contributed by atoms with van der Waals surface area (Å²) in [4.78, 5) is 0.142. The summed E-state index contributed by atoms with van der Waals surface area (Å²) >= 11 is 0. The van der Waals surface area contributed by atoms with Crippen LogP contribution in [0.1, 0.15) is 18.1 Å². The summed E-state index contributed by atoms with van der Waals surface area (Å²) in [6.45, 7) is 5.55. The first-order chi connectivity index (χ1) is 11.1. The van der Waals surface area contributed by atoms with Crippen molar-refractivity contribution in [1.29, 1.82) is 0 Å². The van der Waals surface area contributed by atoms with Gasteiger partial charge in [-0.05, 0) is 45.0 Å². The van der Waals surface area contributed by atoms with Gasteiger partial charge in [-0.3, -0.25) is 8.74 Å². The normalized spacial score (nSPS) is 11.5. The standard InChI is InChI=1S/C9H12O3S.C7H8O3S/c1-3-12-13(10,11)9-6-4-8(2)5-7-9;1-6-2-4-7(5-3-6)11(8,9)10/h4-7H,3H2,1-2H3;2-5H,1H3,(H,8,9,10). The fourth-order valence-corrected chi connectivity index (χ4v) is 3.03. The van der Waals surface area contributed by atoms with Gasteiger partial charge in [0, 0.05) is 0 Å². The highest BCUT2D eigenvalue weighted by Gasteiger charge is 2.12. The second-order valence-electron chi connectivity index (χ2n) is 4.96. The molecule has 2 rings (SSSR count). The maximum absolute atomic E-state index is 11.3. The summed E-state index contributed by atoms with van der Waals surface area (Å²) in [6.07, 6.45) is 0. The van der Waals surface area contributed by atoms with Gasteiger partial charge in [0.25, 0.3) is 20.2 Å². The molecule has 0 fully saturated rings. The van der Waals surface area contributed by atoms with Crippen LogP contribution in [-0.4, -0.2) is 28.0 Å². The highest BCUT2D eigenvalue weighted by Crippen LogP contribution is 2.12. The molecule has 2 aromatic carbocycles. The molecule has 0 aliphatic carbocycles. The molecule has 132 valence electrons. The van der Waals surface area contributed by atoms with Crippen molar-refractivity contribution < 1.29 is 25.6 Å². The zero-order valence-electron chi connectivity index (χ0n) is 13.6. The molecular formula is C16H20O6S2. The Morgan fingerprint density at radius 2 is 1.17 bits per heavy atom. The molecule has 0 aliphatic heterocycles. The summed E-state index contributed by atoms with van der Waals surface area (Å²) in [5.41, 5.74) is 1.98. The Morgan fingerprint density at radius 1 is 0.792 bits per heavy atom. The average Bonchev–Trinajstić information content (AvgIpc) is 2.48. The number of aryl methyl sites for hydroxylation is 2. The second kappa shape index (κ2) is 8.39. The van der Waals surface area contributed by atoms with Crippen molar-refractivity contribution in [2.45, 2.75) is 30.6 Å². The van der Waals surface area contributed by atoms with Crippen molar-refractivity contribution in [1.82, 2.24) is 0 Å². The summed E-state index contributed by atoms with van der Waals surface area (Å²) in [5, 5.41) is 0. The predicted octanol–water partition coefficient (Wildman–Crippen LogP) is 2.96. The molecule has 0 heterocycles. The number of benzene rings is 2. The topological polar surface area (TPSA) is 97.7 Å². The summed E-state index contributed by atoms with van der Waals surface area (Å²) in [6, 6.07) is 12.6. The number of rotatable bonds is 4. The van der Waals surface area contributed by atoms with Crippen LogP contribution in [0.25, 0.3) is 0 Å². The summed E-state index contributed by atoms with van der Waals surface area (Å²) in [5.74, 6) is 0. The van der Waals surface area contributed by atoms with E-state index in [9.17, 15) is 16.8 Å². The van der Waals surface area contributed by atoms with Crippen LogP contribution in [0.15, 0.2) is 58.3 Å². The molecule has 2 aromatic rings. The first kappa shape index (κ1) is 20.3. The number of hydrogen-bond donors (Lipinski definition) is 1. The van der Waals surface area contributed by atoms with Crippen molar-refractivity contribution >= 4 is 20.2 Å². The fraction of sp³-hybridized carbons (Fsp3) is 0.250. The van der Waals surface area contributed by atoms with Crippen molar-refractivity contribution in [2.24, 2.45) is 0 Å². The minimum absolute atomic E-state index is 0.0666. The fourth-order valence-electron chi connectivity index (χ4n) is 1.64. The lowest BCUT2D eigenvalue weighted by Crippen LogP contribution is -2.05. The van der Waals surface area contributed by atoms with Crippen LogP contribution in [0.3, 0.4) is 0 Å². The minimum atomic E-state index is -4.02. The molecule has 0 aromatic heterocycles. The van der Waals surface area contributed by atoms with Crippen LogP contribution in [0.4, 0.5) is 0 Å². The quantitative estimate of drug-likeness (QED) is 0.654. The molecule has 0 unspecified atom stereocenters. The lowest BCUT2D eigenvalue weighted by atomic mass is 10.2. The summed E-state index contributed by atoms with van der Waals surface area (Å²) < 4.78 is 56.8. The Kier molecular flexibility index (Phi) is 7.09. The molecule has 1 N–H and O–H groups in total. The van der Waals surface area contributed by atoms with Crippen molar-refractivity contribution in [3.8, 4) is 0 Å². The van der Waals surface area contributed by atoms with E-state index in [2.05, 4.69) is 4.18 Å². The van der Waals surface area contributed by atoms with Crippen LogP contribution in [0.2, 0.25) is 0 Å². The Labute approximate surface area is 143 Å². The molecule has 6 nitrogen and oxygen atoms in total.